The van der Waals surface area contributed by atoms with Crippen LogP contribution in [0.1, 0.15) is 141 Å². The van der Waals surface area contributed by atoms with Crippen molar-refractivity contribution in [2.75, 3.05) is 26.2 Å². The maximum absolute atomic E-state index is 11.3. The molecule has 0 amide bonds. The Labute approximate surface area is 356 Å². The van der Waals surface area contributed by atoms with Gasteiger partial charge in [-0.05, 0) is 57.0 Å². The van der Waals surface area contributed by atoms with Crippen molar-refractivity contribution in [1.29, 1.82) is 0 Å². The summed E-state index contributed by atoms with van der Waals surface area (Å²) in [5.41, 5.74) is 8.47. The molecule has 55 heavy (non-hydrogen) atoms. The van der Waals surface area contributed by atoms with Crippen molar-refractivity contribution in [2.45, 2.75) is 132 Å². The fourth-order valence-corrected chi connectivity index (χ4v) is 6.06. The number of nitrogens with zero attached hydrogens (tertiary/aromatic N) is 2. The van der Waals surface area contributed by atoms with E-state index in [1.807, 2.05) is 60.7 Å². The molecule has 298 valence electrons. The molecule has 4 nitrogen and oxygen atoms in total. The Morgan fingerprint density at radius 1 is 0.473 bits per heavy atom. The van der Waals surface area contributed by atoms with Crippen LogP contribution in [0.5, 0.6) is 11.5 Å². The molecule has 0 saturated heterocycles. The molecule has 4 aromatic rings. The van der Waals surface area contributed by atoms with Gasteiger partial charge in [0.25, 0.3) is 0 Å². The number of benzene rings is 4. The molecule has 5 heteroatoms. The molecule has 0 unspecified atom stereocenters. The molecule has 0 aliphatic heterocycles. The van der Waals surface area contributed by atoms with Gasteiger partial charge in [0.15, 0.2) is 0 Å². The van der Waals surface area contributed by atoms with E-state index in [-0.39, 0.29) is 47.9 Å². The minimum absolute atomic E-state index is 0. The van der Waals surface area contributed by atoms with Gasteiger partial charge >= 0.3 is 26.2 Å². The van der Waals surface area contributed by atoms with E-state index < -0.39 is 0 Å². The van der Waals surface area contributed by atoms with Crippen LogP contribution in [0.4, 0.5) is 0 Å². The summed E-state index contributed by atoms with van der Waals surface area (Å²) in [7, 11) is 0. The molecule has 0 radical (unpaired) electrons. The summed E-state index contributed by atoms with van der Waals surface area (Å²) in [5, 5.41) is 22.7. The first-order valence-corrected chi connectivity index (χ1v) is 19.8. The van der Waals surface area contributed by atoms with Crippen molar-refractivity contribution >= 4 is 0 Å². The second-order valence-electron chi connectivity index (χ2n) is 18.8. The summed E-state index contributed by atoms with van der Waals surface area (Å²) >= 11 is 0. The van der Waals surface area contributed by atoms with Crippen LogP contribution in [0, 0.1) is 13.8 Å². The summed E-state index contributed by atoms with van der Waals surface area (Å²) in [6.07, 6.45) is 0. The van der Waals surface area contributed by atoms with Crippen LogP contribution in [0.3, 0.4) is 0 Å². The van der Waals surface area contributed by atoms with Gasteiger partial charge in [0, 0.05) is 37.3 Å². The van der Waals surface area contributed by atoms with E-state index >= 15 is 0 Å². The molecule has 0 saturated carbocycles. The Balaban J connectivity index is 0.000000832. The Morgan fingerprint density at radius 2 is 0.764 bits per heavy atom. The molecule has 2 N–H and O–H groups in total. The summed E-state index contributed by atoms with van der Waals surface area (Å²) in [6.45, 7) is 43.3. The number of phenols is 2. The Bertz CT molecular complexity index is 1580. The largest absolute Gasteiger partial charge is 4.00 e. The summed E-state index contributed by atoms with van der Waals surface area (Å²) in [4.78, 5) is 4.84. The molecule has 0 aliphatic carbocycles. The third kappa shape index (κ3) is 16.6. The molecule has 0 aromatic heterocycles. The van der Waals surface area contributed by atoms with E-state index in [1.165, 1.54) is 11.1 Å². The second-order valence-corrected chi connectivity index (χ2v) is 18.8. The van der Waals surface area contributed by atoms with Crippen LogP contribution in [-0.2, 0) is 61.0 Å². The Kier molecular flexibility index (Phi) is 19.6. The van der Waals surface area contributed by atoms with Gasteiger partial charge in [0.2, 0.25) is 0 Å². The van der Waals surface area contributed by atoms with Gasteiger partial charge in [0.05, 0.1) is 0 Å². The van der Waals surface area contributed by atoms with Gasteiger partial charge in [-0.15, -0.1) is 24.3 Å². The minimum Gasteiger partial charge on any atom is -0.507 e. The monoisotopic (exact) mass is 824 g/mol. The van der Waals surface area contributed by atoms with Crippen LogP contribution in [-0.4, -0.2) is 46.2 Å². The van der Waals surface area contributed by atoms with Gasteiger partial charge in [-0.3, -0.25) is 9.80 Å². The van der Waals surface area contributed by atoms with E-state index in [0.29, 0.717) is 24.6 Å². The van der Waals surface area contributed by atoms with E-state index in [4.69, 9.17) is 0 Å². The number of rotatable bonds is 9. The molecule has 0 heterocycles. The zero-order valence-electron chi connectivity index (χ0n) is 37.0. The van der Waals surface area contributed by atoms with Crippen LogP contribution in [0.2, 0.25) is 0 Å². The topological polar surface area (TPSA) is 46.9 Å². The first-order valence-electron chi connectivity index (χ1n) is 19.8. The van der Waals surface area contributed by atoms with Gasteiger partial charge < -0.3 is 10.2 Å². The van der Waals surface area contributed by atoms with Gasteiger partial charge in [-0.2, -0.15) is 49.2 Å². The normalized spacial score (nSPS) is 12.0. The zero-order valence-corrected chi connectivity index (χ0v) is 39.5. The predicted octanol–water partition coefficient (Wildman–Crippen LogP) is 12.4. The first-order chi connectivity index (χ1) is 24.9. The molecule has 0 spiro atoms. The third-order valence-corrected chi connectivity index (χ3v) is 9.83. The van der Waals surface area contributed by atoms with Gasteiger partial charge in [-0.1, -0.05) is 133 Å². The van der Waals surface area contributed by atoms with E-state index in [9.17, 15) is 10.2 Å². The van der Waals surface area contributed by atoms with Gasteiger partial charge in [0.1, 0.15) is 11.5 Å². The summed E-state index contributed by atoms with van der Waals surface area (Å²) < 4.78 is 0. The van der Waals surface area contributed by atoms with Crippen LogP contribution in [0.15, 0.2) is 84.9 Å². The van der Waals surface area contributed by atoms with Crippen molar-refractivity contribution in [3.63, 3.8) is 0 Å². The SMILES string of the molecule is CCN(CCN(CC)Cc1cc(C(C)(C)C)cc(C(C)(C)C)c1O)Cc1cc(C(C)(C)C)cc(C(C)(C)C)c1O.[CH2-]c1ccccc1.[CH2-]c1ccccc1.[Zr+4]. The third-order valence-electron chi connectivity index (χ3n) is 9.83. The van der Waals surface area contributed by atoms with Crippen molar-refractivity contribution in [3.8, 4) is 11.5 Å². The number of phenolic OH excluding ortho intramolecular Hbond substituents is 2. The van der Waals surface area contributed by atoms with Crippen molar-refractivity contribution < 1.29 is 36.4 Å². The molecular formula is C50H74N2O2Zr+2. The quantitative estimate of drug-likeness (QED) is 0.165. The average molecular weight is 826 g/mol. The van der Waals surface area contributed by atoms with Crippen LogP contribution >= 0.6 is 0 Å². The number of likely N-dealkylation sites (N-methyl/N-ethyl adjacent to an activating group) is 2. The Morgan fingerprint density at radius 3 is 0.964 bits per heavy atom. The molecule has 4 rings (SSSR count). The second kappa shape index (κ2) is 21.5. The van der Waals surface area contributed by atoms with E-state index in [0.717, 1.165) is 59.6 Å². The summed E-state index contributed by atoms with van der Waals surface area (Å²) in [5.74, 6) is 0.870. The minimum atomic E-state index is -0.133. The summed E-state index contributed by atoms with van der Waals surface area (Å²) in [6, 6.07) is 28.5. The predicted molar refractivity (Wildman–Crippen MR) is 235 cm³/mol. The molecular weight excluding hydrogens is 752 g/mol. The molecule has 0 fully saturated rings. The Hall–Kier alpha value is -2.98. The standard InChI is InChI=1S/C36H60N2O2.2C7H7.Zr/c1-15-37(23-25-19-27(33(3,4)5)21-29(31(25)39)35(9,10)11)17-18-38(16-2)24-26-20-28(34(6,7)8)22-30(32(26)40)36(12,13)14;2*1-7-5-3-2-4-6-7;/h19-22,39-40H,15-18,23-24H2,1-14H3;2*2-6H,1H2;/q;2*-1;+4. The maximum Gasteiger partial charge on any atom is 4.00 e. The average Bonchev–Trinajstić information content (AvgIpc) is 3.06. The first kappa shape index (κ1) is 50.0. The maximum atomic E-state index is 11.3. The van der Waals surface area contributed by atoms with E-state index in [2.05, 4.69) is 145 Å². The smallest absolute Gasteiger partial charge is 0.507 e. The van der Waals surface area contributed by atoms with Crippen LogP contribution in [0.25, 0.3) is 0 Å². The van der Waals surface area contributed by atoms with Crippen molar-refractivity contribution in [2.24, 2.45) is 0 Å². The molecule has 0 aliphatic rings. The fraction of sp³-hybridized carbons (Fsp3) is 0.480. The van der Waals surface area contributed by atoms with E-state index in [1.54, 1.807) is 0 Å². The van der Waals surface area contributed by atoms with Crippen molar-refractivity contribution in [3.05, 3.63) is 143 Å². The number of aromatic hydroxyl groups is 2. The number of hydrogen-bond donors (Lipinski definition) is 2. The fourth-order valence-electron chi connectivity index (χ4n) is 6.06. The van der Waals surface area contributed by atoms with Gasteiger partial charge in [-0.25, -0.2) is 0 Å². The van der Waals surface area contributed by atoms with Crippen molar-refractivity contribution in [1.82, 2.24) is 9.80 Å². The molecule has 0 atom stereocenters. The number of hydrogen-bond acceptors (Lipinski definition) is 4. The van der Waals surface area contributed by atoms with Crippen LogP contribution < -0.4 is 0 Å². The molecule has 0 bridgehead atoms. The molecule has 4 aromatic carbocycles. The zero-order chi connectivity index (χ0) is 41.1.